The number of halogens is 1. The Morgan fingerprint density at radius 2 is 1.83 bits per heavy atom. The Balaban J connectivity index is 1.82. The molecule has 0 aliphatic carbocycles. The van der Waals surface area contributed by atoms with Crippen molar-refractivity contribution in [3.8, 4) is 5.69 Å². The monoisotopic (exact) mass is 414 g/mol. The highest BCUT2D eigenvalue weighted by molar-refractivity contribution is 7.99. The van der Waals surface area contributed by atoms with Crippen LogP contribution in [0.15, 0.2) is 59.8 Å². The van der Waals surface area contributed by atoms with E-state index < -0.39 is 12.0 Å². The van der Waals surface area contributed by atoms with Crippen molar-refractivity contribution in [2.75, 3.05) is 12.4 Å². The number of hydrogen-bond acceptors (Lipinski definition) is 6. The van der Waals surface area contributed by atoms with Gasteiger partial charge in [-0.2, -0.15) is 0 Å². The minimum atomic E-state index is -0.789. The third-order valence-electron chi connectivity index (χ3n) is 3.84. The Morgan fingerprint density at radius 3 is 2.52 bits per heavy atom. The molecule has 3 rings (SSSR count). The fourth-order valence-electron chi connectivity index (χ4n) is 2.58. The summed E-state index contributed by atoms with van der Waals surface area (Å²) >= 11 is 1.12. The van der Waals surface area contributed by atoms with Gasteiger partial charge in [-0.05, 0) is 36.8 Å². The first-order valence-corrected chi connectivity index (χ1v) is 9.89. The third kappa shape index (κ3) is 5.64. The van der Waals surface area contributed by atoms with Crippen LogP contribution >= 0.6 is 11.8 Å². The number of ether oxygens (including phenoxy) is 1. The van der Waals surface area contributed by atoms with E-state index in [9.17, 15) is 14.0 Å². The number of thioether (sulfide) groups is 1. The van der Waals surface area contributed by atoms with Gasteiger partial charge in [-0.3, -0.25) is 14.7 Å². The summed E-state index contributed by atoms with van der Waals surface area (Å²) in [5.41, 5.74) is 1.72. The number of carbonyl (C=O) groups is 2. The zero-order valence-electron chi connectivity index (χ0n) is 15.7. The number of alkyl carbamates (subject to hydrolysis) is 1. The molecule has 1 aromatic heterocycles. The number of benzene rings is 2. The van der Waals surface area contributed by atoms with Crippen LogP contribution in [0.2, 0.25) is 0 Å². The summed E-state index contributed by atoms with van der Waals surface area (Å²) in [5, 5.41) is 11.0. The highest BCUT2D eigenvalue weighted by Gasteiger charge is 2.17. The summed E-state index contributed by atoms with van der Waals surface area (Å²) in [6.07, 6.45) is -0.274. The molecule has 0 aliphatic heterocycles. The lowest BCUT2D eigenvalue weighted by atomic mass is 10.1. The molecule has 0 saturated carbocycles. The number of imide groups is 1. The molecule has 3 aromatic rings. The van der Waals surface area contributed by atoms with Crippen LogP contribution in [-0.4, -0.2) is 39.1 Å². The van der Waals surface area contributed by atoms with Crippen LogP contribution in [0.25, 0.3) is 5.69 Å². The van der Waals surface area contributed by atoms with Crippen LogP contribution in [0.4, 0.5) is 9.18 Å². The van der Waals surface area contributed by atoms with E-state index >= 15 is 0 Å². The molecule has 0 atom stereocenters. The zero-order chi connectivity index (χ0) is 20.6. The molecule has 1 N–H and O–H groups in total. The molecule has 0 saturated heterocycles. The Kier molecular flexibility index (Phi) is 6.96. The van der Waals surface area contributed by atoms with Gasteiger partial charge in [0.25, 0.3) is 0 Å². The number of rotatable bonds is 7. The zero-order valence-corrected chi connectivity index (χ0v) is 16.5. The first-order valence-electron chi connectivity index (χ1n) is 8.90. The van der Waals surface area contributed by atoms with Gasteiger partial charge in [0.15, 0.2) is 5.16 Å². The Labute approximate surface area is 171 Å². The van der Waals surface area contributed by atoms with Gasteiger partial charge in [-0.1, -0.05) is 42.1 Å². The fourth-order valence-corrected chi connectivity index (χ4v) is 3.35. The van der Waals surface area contributed by atoms with Gasteiger partial charge in [0.05, 0.1) is 12.4 Å². The maximum Gasteiger partial charge on any atom is 0.413 e. The second-order valence-corrected chi connectivity index (χ2v) is 6.87. The van der Waals surface area contributed by atoms with Gasteiger partial charge in [-0.15, -0.1) is 10.2 Å². The average Bonchev–Trinajstić information content (AvgIpc) is 3.10. The highest BCUT2D eigenvalue weighted by Crippen LogP contribution is 2.23. The number of aromatic nitrogens is 3. The Bertz CT molecular complexity index is 977. The Hall–Kier alpha value is -3.20. The lowest BCUT2D eigenvalue weighted by Gasteiger charge is -2.10. The van der Waals surface area contributed by atoms with Crippen molar-refractivity contribution in [2.45, 2.75) is 18.5 Å². The number of nitrogens with one attached hydrogen (secondary N) is 1. The molecule has 7 nitrogen and oxygen atoms in total. The number of carbonyl (C=O) groups excluding carboxylic acids is 2. The summed E-state index contributed by atoms with van der Waals surface area (Å²) in [6.45, 7) is 1.83. The van der Waals surface area contributed by atoms with Gasteiger partial charge < -0.3 is 4.74 Å². The lowest BCUT2D eigenvalue weighted by Crippen LogP contribution is -2.32. The van der Waals surface area contributed by atoms with Crippen molar-refractivity contribution in [3.05, 3.63) is 71.8 Å². The molecule has 2 amide bonds. The second-order valence-electron chi connectivity index (χ2n) is 5.93. The minimum absolute atomic E-state index is 0.0521. The molecule has 0 aliphatic rings. The maximum absolute atomic E-state index is 13.4. The predicted molar refractivity (Wildman–Crippen MR) is 106 cm³/mol. The molecule has 0 bridgehead atoms. The molecule has 1 heterocycles. The molecule has 0 unspecified atom stereocenters. The van der Waals surface area contributed by atoms with Crippen LogP contribution in [0.5, 0.6) is 0 Å². The molecule has 9 heteroatoms. The first kappa shape index (κ1) is 20.5. The quantitative estimate of drug-likeness (QED) is 0.597. The van der Waals surface area contributed by atoms with Crippen molar-refractivity contribution in [3.63, 3.8) is 0 Å². The number of hydrogen-bond donors (Lipinski definition) is 1. The largest absolute Gasteiger partial charge is 0.450 e. The van der Waals surface area contributed by atoms with Gasteiger partial charge in [0.2, 0.25) is 5.91 Å². The molecular weight excluding hydrogens is 395 g/mol. The van der Waals surface area contributed by atoms with E-state index in [0.717, 1.165) is 17.3 Å². The van der Waals surface area contributed by atoms with E-state index in [1.165, 1.54) is 12.1 Å². The number of nitrogens with zero attached hydrogens (tertiary/aromatic N) is 3. The van der Waals surface area contributed by atoms with Crippen molar-refractivity contribution in [1.82, 2.24) is 20.1 Å². The van der Waals surface area contributed by atoms with E-state index in [-0.39, 0.29) is 18.2 Å². The molecule has 150 valence electrons. The molecular formula is C20H19FN4O3S. The Morgan fingerprint density at radius 1 is 1.10 bits per heavy atom. The van der Waals surface area contributed by atoms with Gasteiger partial charge >= 0.3 is 6.09 Å². The number of amides is 2. The van der Waals surface area contributed by atoms with Crippen LogP contribution in [0, 0.1) is 5.82 Å². The summed E-state index contributed by atoms with van der Waals surface area (Å²) in [6, 6.07) is 15.7. The predicted octanol–water partition coefficient (Wildman–Crippen LogP) is 3.36. The van der Waals surface area contributed by atoms with Crippen molar-refractivity contribution >= 4 is 23.8 Å². The van der Waals surface area contributed by atoms with Crippen LogP contribution in [0.3, 0.4) is 0 Å². The van der Waals surface area contributed by atoms with E-state index in [1.807, 2.05) is 30.3 Å². The summed E-state index contributed by atoms with van der Waals surface area (Å²) < 4.78 is 19.8. The van der Waals surface area contributed by atoms with Crippen LogP contribution < -0.4 is 5.32 Å². The van der Waals surface area contributed by atoms with E-state index in [1.54, 1.807) is 23.6 Å². The van der Waals surface area contributed by atoms with E-state index in [4.69, 9.17) is 4.74 Å². The molecule has 0 radical (unpaired) electrons. The minimum Gasteiger partial charge on any atom is -0.450 e. The molecule has 2 aromatic carbocycles. The smallest absolute Gasteiger partial charge is 0.413 e. The second kappa shape index (κ2) is 9.83. The first-order chi connectivity index (χ1) is 14.1. The fraction of sp³-hybridized carbons (Fsp3) is 0.200. The highest BCUT2D eigenvalue weighted by atomic mass is 32.2. The van der Waals surface area contributed by atoms with Gasteiger partial charge in [0.1, 0.15) is 11.6 Å². The van der Waals surface area contributed by atoms with Gasteiger partial charge in [0, 0.05) is 12.1 Å². The SMILES string of the molecule is CCOC(=O)NC(=O)CSc1nnc(Cc2ccccc2)n1-c1ccc(F)cc1. The normalized spacial score (nSPS) is 10.6. The molecule has 29 heavy (non-hydrogen) atoms. The maximum atomic E-state index is 13.4. The van der Waals surface area contributed by atoms with Crippen molar-refractivity contribution < 1.29 is 18.7 Å². The van der Waals surface area contributed by atoms with Crippen LogP contribution in [-0.2, 0) is 16.0 Å². The van der Waals surface area contributed by atoms with E-state index in [2.05, 4.69) is 15.5 Å². The molecule has 0 fully saturated rings. The average molecular weight is 414 g/mol. The summed E-state index contributed by atoms with van der Waals surface area (Å²) in [7, 11) is 0. The van der Waals surface area contributed by atoms with E-state index in [0.29, 0.717) is 23.1 Å². The van der Waals surface area contributed by atoms with Crippen molar-refractivity contribution in [2.24, 2.45) is 0 Å². The lowest BCUT2D eigenvalue weighted by molar-refractivity contribution is -0.117. The van der Waals surface area contributed by atoms with Crippen molar-refractivity contribution in [1.29, 1.82) is 0 Å². The van der Waals surface area contributed by atoms with Gasteiger partial charge in [-0.25, -0.2) is 9.18 Å². The summed E-state index contributed by atoms with van der Waals surface area (Å²) in [5.74, 6) is -0.263. The summed E-state index contributed by atoms with van der Waals surface area (Å²) in [4.78, 5) is 23.3. The molecule has 0 spiro atoms. The van der Waals surface area contributed by atoms with Crippen LogP contribution in [0.1, 0.15) is 18.3 Å². The standard InChI is InChI=1S/C20H19FN4O3S/c1-2-28-20(27)22-18(26)13-29-19-24-23-17(12-14-6-4-3-5-7-14)25(19)16-10-8-15(21)9-11-16/h3-11H,2,12-13H2,1H3,(H,22,26,27). The topological polar surface area (TPSA) is 86.1 Å². The third-order valence-corrected chi connectivity index (χ3v) is 4.77.